The Kier molecular flexibility index (Phi) is 5.18. The minimum atomic E-state index is -2.57. The highest BCUT2D eigenvalue weighted by atomic mass is 79.9. The Balaban J connectivity index is 2.08. The number of rotatable bonds is 4. The third-order valence-electron chi connectivity index (χ3n) is 3.40. The van der Waals surface area contributed by atoms with Gasteiger partial charge >= 0.3 is 0 Å². The largest absolute Gasteiger partial charge is 0.339 e. The lowest BCUT2D eigenvalue weighted by Crippen LogP contribution is -2.11. The van der Waals surface area contributed by atoms with Gasteiger partial charge in [-0.2, -0.15) is 4.98 Å². The maximum Gasteiger partial charge on any atom is 0.224 e. The van der Waals surface area contributed by atoms with Gasteiger partial charge in [0.15, 0.2) is 0 Å². The van der Waals surface area contributed by atoms with E-state index in [0.29, 0.717) is 21.3 Å². The van der Waals surface area contributed by atoms with Crippen LogP contribution >= 0.6 is 34.7 Å². The van der Waals surface area contributed by atoms with Crippen molar-refractivity contribution < 1.29 is 4.57 Å². The second-order valence-corrected chi connectivity index (χ2v) is 10.0. The summed E-state index contributed by atoms with van der Waals surface area (Å²) in [6.07, 6.45) is 6.46. The highest BCUT2D eigenvalue weighted by Gasteiger charge is 2.19. The zero-order valence-corrected chi connectivity index (χ0v) is 16.7. The van der Waals surface area contributed by atoms with Gasteiger partial charge in [0.05, 0.1) is 22.1 Å². The van der Waals surface area contributed by atoms with Crippen LogP contribution < -0.4 is 10.6 Å². The molecular formula is C16H14BrClN5OP. The molecule has 0 saturated heterocycles. The van der Waals surface area contributed by atoms with Gasteiger partial charge in [-0.1, -0.05) is 6.07 Å². The van der Waals surface area contributed by atoms with Gasteiger partial charge in [-0.15, -0.1) is 0 Å². The molecule has 0 radical (unpaired) electrons. The zero-order valence-electron chi connectivity index (χ0n) is 13.4. The van der Waals surface area contributed by atoms with E-state index in [1.807, 2.05) is 18.2 Å². The van der Waals surface area contributed by atoms with E-state index in [1.165, 1.54) is 0 Å². The van der Waals surface area contributed by atoms with Crippen LogP contribution in [0, 0.1) is 0 Å². The topological polar surface area (TPSA) is 80.7 Å². The van der Waals surface area contributed by atoms with Gasteiger partial charge in [-0.3, -0.25) is 9.97 Å². The molecule has 0 aliphatic carbocycles. The molecule has 0 unspecified atom stereocenters. The SMILES string of the molecule is CP(C)(=O)c1cc(-c2cnccn2)ccc1Nc1nc(Cl)ncc1Br. The van der Waals surface area contributed by atoms with Crippen LogP contribution in [0.5, 0.6) is 0 Å². The number of halogens is 2. The van der Waals surface area contributed by atoms with Crippen molar-refractivity contribution in [2.45, 2.75) is 0 Å². The van der Waals surface area contributed by atoms with Crippen molar-refractivity contribution in [3.63, 3.8) is 0 Å². The van der Waals surface area contributed by atoms with E-state index < -0.39 is 7.14 Å². The molecule has 1 aromatic carbocycles. The molecule has 3 rings (SSSR count). The first-order chi connectivity index (χ1) is 11.8. The Labute approximate surface area is 158 Å². The number of hydrogen-bond donors (Lipinski definition) is 1. The summed E-state index contributed by atoms with van der Waals surface area (Å²) in [5, 5.41) is 3.99. The first kappa shape index (κ1) is 18.0. The summed E-state index contributed by atoms with van der Waals surface area (Å²) in [5.74, 6) is 0.502. The van der Waals surface area contributed by atoms with E-state index in [9.17, 15) is 4.57 Å². The quantitative estimate of drug-likeness (QED) is 0.482. The van der Waals surface area contributed by atoms with Crippen LogP contribution in [0.15, 0.2) is 47.5 Å². The van der Waals surface area contributed by atoms with Crippen LogP contribution in [0.3, 0.4) is 0 Å². The van der Waals surface area contributed by atoms with Gasteiger partial charge in [0.2, 0.25) is 5.28 Å². The first-order valence-electron chi connectivity index (χ1n) is 7.25. The second kappa shape index (κ2) is 7.20. The molecular weight excluding hydrogens is 425 g/mol. The van der Waals surface area contributed by atoms with Crippen LogP contribution in [0.25, 0.3) is 11.3 Å². The molecule has 0 spiro atoms. The molecule has 0 aliphatic rings. The fourth-order valence-electron chi connectivity index (χ4n) is 2.25. The lowest BCUT2D eigenvalue weighted by atomic mass is 10.1. The highest BCUT2D eigenvalue weighted by Crippen LogP contribution is 2.40. The molecule has 0 atom stereocenters. The predicted molar refractivity (Wildman–Crippen MR) is 105 cm³/mol. The standard InChI is InChI=1S/C16H14BrClN5OP/c1-25(2,24)14-7-10(13-9-19-5-6-20-13)3-4-12(14)22-15-11(17)8-21-16(18)23-15/h3-9H,1-2H3,(H,21,22,23). The Morgan fingerprint density at radius 3 is 2.64 bits per heavy atom. The molecule has 3 aromatic rings. The van der Waals surface area contributed by atoms with E-state index in [0.717, 1.165) is 11.3 Å². The minimum absolute atomic E-state index is 0.125. The molecule has 0 bridgehead atoms. The van der Waals surface area contributed by atoms with E-state index in [4.69, 9.17) is 11.6 Å². The van der Waals surface area contributed by atoms with Crippen molar-refractivity contribution in [3.8, 4) is 11.3 Å². The van der Waals surface area contributed by atoms with Gasteiger partial charge < -0.3 is 9.88 Å². The summed E-state index contributed by atoms with van der Waals surface area (Å²) in [4.78, 5) is 16.4. The van der Waals surface area contributed by atoms with Crippen molar-refractivity contribution >= 4 is 51.5 Å². The average Bonchev–Trinajstić information content (AvgIpc) is 2.58. The van der Waals surface area contributed by atoms with Gasteiger partial charge in [-0.25, -0.2) is 4.98 Å². The van der Waals surface area contributed by atoms with Crippen molar-refractivity contribution in [1.82, 2.24) is 19.9 Å². The fraction of sp³-hybridized carbons (Fsp3) is 0.125. The smallest absolute Gasteiger partial charge is 0.224 e. The molecule has 0 amide bonds. The van der Waals surface area contributed by atoms with E-state index in [1.54, 1.807) is 38.1 Å². The Morgan fingerprint density at radius 2 is 1.96 bits per heavy atom. The number of aromatic nitrogens is 4. The average molecular weight is 439 g/mol. The first-order valence-corrected chi connectivity index (χ1v) is 11.0. The lowest BCUT2D eigenvalue weighted by molar-refractivity contribution is 0.588. The van der Waals surface area contributed by atoms with Crippen LogP contribution in [0.4, 0.5) is 11.5 Å². The molecule has 25 heavy (non-hydrogen) atoms. The van der Waals surface area contributed by atoms with Crippen molar-refractivity contribution in [2.24, 2.45) is 0 Å². The summed E-state index contributed by atoms with van der Waals surface area (Å²) in [6.45, 7) is 3.44. The van der Waals surface area contributed by atoms with Crippen molar-refractivity contribution in [1.29, 1.82) is 0 Å². The molecule has 128 valence electrons. The summed E-state index contributed by atoms with van der Waals surface area (Å²) < 4.78 is 13.5. The van der Waals surface area contributed by atoms with Crippen LogP contribution in [-0.4, -0.2) is 33.3 Å². The summed E-state index contributed by atoms with van der Waals surface area (Å²) in [7, 11) is -2.57. The number of hydrogen-bond acceptors (Lipinski definition) is 6. The number of anilines is 2. The molecule has 2 aromatic heterocycles. The lowest BCUT2D eigenvalue weighted by Gasteiger charge is -2.17. The van der Waals surface area contributed by atoms with Crippen LogP contribution in [-0.2, 0) is 4.57 Å². The monoisotopic (exact) mass is 437 g/mol. The minimum Gasteiger partial charge on any atom is -0.339 e. The maximum absolute atomic E-state index is 12.8. The molecule has 0 fully saturated rings. The summed E-state index contributed by atoms with van der Waals surface area (Å²) >= 11 is 9.25. The molecule has 6 nitrogen and oxygen atoms in total. The molecule has 2 heterocycles. The van der Waals surface area contributed by atoms with Crippen LogP contribution in [0.1, 0.15) is 0 Å². The number of nitrogens with zero attached hydrogens (tertiary/aromatic N) is 4. The Hall–Kier alpha value is -1.82. The predicted octanol–water partition coefficient (Wildman–Crippen LogP) is 4.34. The maximum atomic E-state index is 12.8. The van der Waals surface area contributed by atoms with Crippen molar-refractivity contribution in [2.75, 3.05) is 18.6 Å². The Morgan fingerprint density at radius 1 is 1.16 bits per heavy atom. The zero-order chi connectivity index (χ0) is 18.0. The number of nitrogens with one attached hydrogen (secondary N) is 1. The van der Waals surface area contributed by atoms with Gasteiger partial charge in [0, 0.05) is 29.5 Å². The highest BCUT2D eigenvalue weighted by molar-refractivity contribution is 9.10. The molecule has 0 saturated carbocycles. The fourth-order valence-corrected chi connectivity index (χ4v) is 3.84. The third-order valence-corrected chi connectivity index (χ3v) is 5.70. The van der Waals surface area contributed by atoms with Crippen molar-refractivity contribution in [3.05, 3.63) is 52.7 Å². The summed E-state index contributed by atoms with van der Waals surface area (Å²) in [6, 6.07) is 5.60. The molecule has 1 N–H and O–H groups in total. The summed E-state index contributed by atoms with van der Waals surface area (Å²) in [5.41, 5.74) is 2.25. The van der Waals surface area contributed by atoms with Crippen LogP contribution in [0.2, 0.25) is 5.28 Å². The normalized spacial score (nSPS) is 11.4. The van der Waals surface area contributed by atoms with E-state index >= 15 is 0 Å². The molecule has 9 heteroatoms. The van der Waals surface area contributed by atoms with Gasteiger partial charge in [-0.05, 0) is 53.0 Å². The van der Waals surface area contributed by atoms with Gasteiger partial charge in [0.1, 0.15) is 13.0 Å². The Bertz CT molecular complexity index is 964. The van der Waals surface area contributed by atoms with E-state index in [2.05, 4.69) is 41.2 Å². The number of benzene rings is 1. The van der Waals surface area contributed by atoms with E-state index in [-0.39, 0.29) is 5.28 Å². The third kappa shape index (κ3) is 4.24. The van der Waals surface area contributed by atoms with Gasteiger partial charge in [0.25, 0.3) is 0 Å². The second-order valence-electron chi connectivity index (χ2n) is 5.63. The molecule has 0 aliphatic heterocycles.